The summed E-state index contributed by atoms with van der Waals surface area (Å²) in [6.45, 7) is 8.14. The molecular formula is C14H29N5O2. The summed E-state index contributed by atoms with van der Waals surface area (Å²) in [7, 11) is 5.69. The molecule has 7 nitrogen and oxygen atoms in total. The molecule has 1 heterocycles. The van der Waals surface area contributed by atoms with Crippen molar-refractivity contribution in [1.29, 1.82) is 0 Å². The number of methoxy groups -OCH3 is 1. The second kappa shape index (κ2) is 7.74. The molecule has 1 atom stereocenters. The predicted octanol–water partition coefficient (Wildman–Crippen LogP) is 0.773. The maximum atomic E-state index is 5.84. The highest BCUT2D eigenvalue weighted by Crippen LogP contribution is 2.26. The minimum absolute atomic E-state index is 0.177. The number of nitrogens with two attached hydrogens (primary N) is 1. The highest BCUT2D eigenvalue weighted by atomic mass is 16.5. The Labute approximate surface area is 127 Å². The first-order chi connectivity index (χ1) is 9.78. The van der Waals surface area contributed by atoms with Gasteiger partial charge in [0.15, 0.2) is 5.75 Å². The van der Waals surface area contributed by atoms with E-state index in [4.69, 9.17) is 15.3 Å². The third kappa shape index (κ3) is 5.62. The van der Waals surface area contributed by atoms with Crippen LogP contribution in [0, 0.1) is 0 Å². The molecule has 0 radical (unpaired) electrons. The molecule has 1 aromatic heterocycles. The Hall–Kier alpha value is -1.15. The van der Waals surface area contributed by atoms with Crippen LogP contribution in [0.3, 0.4) is 0 Å². The molecule has 0 fully saturated rings. The van der Waals surface area contributed by atoms with Crippen LogP contribution in [0.2, 0.25) is 0 Å². The average molecular weight is 299 g/mol. The molecule has 0 spiro atoms. The van der Waals surface area contributed by atoms with Gasteiger partial charge in [0.25, 0.3) is 0 Å². The van der Waals surface area contributed by atoms with Crippen LogP contribution in [0.1, 0.15) is 32.5 Å². The Kier molecular flexibility index (Phi) is 6.60. The average Bonchev–Trinajstić information content (AvgIpc) is 2.79. The summed E-state index contributed by atoms with van der Waals surface area (Å²) < 4.78 is 13.1. The SMILES string of the molecule is COc1cnn(CCN(C)C)c1C(COC(C)(C)C)NN. The highest BCUT2D eigenvalue weighted by molar-refractivity contribution is 5.28. The monoisotopic (exact) mass is 299 g/mol. The van der Waals surface area contributed by atoms with Crippen molar-refractivity contribution in [1.82, 2.24) is 20.1 Å². The molecule has 1 aromatic rings. The molecule has 0 aliphatic heterocycles. The predicted molar refractivity (Wildman–Crippen MR) is 83.1 cm³/mol. The van der Waals surface area contributed by atoms with Crippen LogP contribution >= 0.6 is 0 Å². The lowest BCUT2D eigenvalue weighted by atomic mass is 10.1. The van der Waals surface area contributed by atoms with E-state index in [-0.39, 0.29) is 11.6 Å². The van der Waals surface area contributed by atoms with Crippen LogP contribution in [-0.4, -0.2) is 54.6 Å². The van der Waals surface area contributed by atoms with Crippen LogP contribution in [0.25, 0.3) is 0 Å². The Morgan fingerprint density at radius 3 is 2.57 bits per heavy atom. The van der Waals surface area contributed by atoms with Gasteiger partial charge in [0.1, 0.15) is 5.69 Å². The van der Waals surface area contributed by atoms with Gasteiger partial charge >= 0.3 is 0 Å². The van der Waals surface area contributed by atoms with Gasteiger partial charge in [0.2, 0.25) is 0 Å². The maximum Gasteiger partial charge on any atom is 0.161 e. The van der Waals surface area contributed by atoms with Crippen molar-refractivity contribution in [2.75, 3.05) is 34.4 Å². The molecule has 0 saturated heterocycles. The molecule has 1 rings (SSSR count). The Bertz CT molecular complexity index is 425. The summed E-state index contributed by atoms with van der Waals surface area (Å²) in [5.41, 5.74) is 3.48. The van der Waals surface area contributed by atoms with Crippen molar-refractivity contribution in [2.24, 2.45) is 5.84 Å². The number of hydrogen-bond acceptors (Lipinski definition) is 6. The van der Waals surface area contributed by atoms with Gasteiger partial charge in [0.05, 0.1) is 38.1 Å². The van der Waals surface area contributed by atoms with E-state index >= 15 is 0 Å². The van der Waals surface area contributed by atoms with Crippen molar-refractivity contribution in [3.8, 4) is 5.75 Å². The van der Waals surface area contributed by atoms with E-state index in [9.17, 15) is 0 Å². The van der Waals surface area contributed by atoms with Gasteiger partial charge in [-0.1, -0.05) is 0 Å². The number of hydrogen-bond donors (Lipinski definition) is 2. The van der Waals surface area contributed by atoms with E-state index in [1.165, 1.54) is 0 Å². The first kappa shape index (κ1) is 17.9. The summed E-state index contributed by atoms with van der Waals surface area (Å²) in [5.74, 6) is 6.42. The second-order valence-corrected chi connectivity index (χ2v) is 6.27. The van der Waals surface area contributed by atoms with Gasteiger partial charge in [-0.3, -0.25) is 10.5 Å². The minimum atomic E-state index is -0.225. The minimum Gasteiger partial charge on any atom is -0.493 e. The van der Waals surface area contributed by atoms with Crippen LogP contribution in [-0.2, 0) is 11.3 Å². The van der Waals surface area contributed by atoms with Crippen molar-refractivity contribution in [3.05, 3.63) is 11.9 Å². The number of aromatic nitrogens is 2. The molecule has 0 bridgehead atoms. The van der Waals surface area contributed by atoms with Crippen molar-refractivity contribution in [3.63, 3.8) is 0 Å². The Balaban J connectivity index is 2.91. The van der Waals surface area contributed by atoms with Crippen molar-refractivity contribution in [2.45, 2.75) is 39.0 Å². The molecule has 0 aromatic carbocycles. The van der Waals surface area contributed by atoms with Gasteiger partial charge in [0, 0.05) is 6.54 Å². The van der Waals surface area contributed by atoms with Gasteiger partial charge < -0.3 is 14.4 Å². The largest absolute Gasteiger partial charge is 0.493 e. The van der Waals surface area contributed by atoms with Gasteiger partial charge in [-0.05, 0) is 34.9 Å². The normalized spacial score (nSPS) is 13.7. The fourth-order valence-corrected chi connectivity index (χ4v) is 1.90. The summed E-state index contributed by atoms with van der Waals surface area (Å²) in [4.78, 5) is 2.11. The van der Waals surface area contributed by atoms with Gasteiger partial charge in [-0.25, -0.2) is 5.43 Å². The van der Waals surface area contributed by atoms with Gasteiger partial charge in [-0.2, -0.15) is 5.10 Å². The molecule has 0 aliphatic carbocycles. The first-order valence-electron chi connectivity index (χ1n) is 7.13. The summed E-state index contributed by atoms with van der Waals surface area (Å²) in [6, 6.07) is -0.177. The van der Waals surface area contributed by atoms with E-state index in [0.717, 1.165) is 18.8 Å². The topological polar surface area (TPSA) is 77.6 Å². The summed E-state index contributed by atoms with van der Waals surface area (Å²) >= 11 is 0. The Morgan fingerprint density at radius 1 is 1.43 bits per heavy atom. The molecule has 21 heavy (non-hydrogen) atoms. The van der Waals surface area contributed by atoms with E-state index < -0.39 is 0 Å². The number of nitrogens with zero attached hydrogens (tertiary/aromatic N) is 3. The maximum absolute atomic E-state index is 5.84. The first-order valence-corrected chi connectivity index (χ1v) is 7.13. The highest BCUT2D eigenvalue weighted by Gasteiger charge is 2.23. The molecule has 3 N–H and O–H groups in total. The standard InChI is InChI=1S/C14H29N5O2/c1-14(2,3)21-10-11(17-15)13-12(20-6)9-16-19(13)8-7-18(4)5/h9,11,17H,7-8,10,15H2,1-6H3. The number of ether oxygens (including phenoxy) is 2. The summed E-state index contributed by atoms with van der Waals surface area (Å²) in [6.07, 6.45) is 1.71. The van der Waals surface area contributed by atoms with E-state index in [1.54, 1.807) is 13.3 Å². The zero-order chi connectivity index (χ0) is 16.0. The lowest BCUT2D eigenvalue weighted by Crippen LogP contribution is -2.36. The molecule has 0 amide bonds. The van der Waals surface area contributed by atoms with E-state index in [1.807, 2.05) is 39.5 Å². The van der Waals surface area contributed by atoms with Crippen molar-refractivity contribution < 1.29 is 9.47 Å². The molecular weight excluding hydrogens is 270 g/mol. The molecule has 122 valence electrons. The molecule has 0 aliphatic rings. The number of nitrogens with one attached hydrogen (secondary N) is 1. The fraction of sp³-hybridized carbons (Fsp3) is 0.786. The van der Waals surface area contributed by atoms with Crippen LogP contribution in [0.5, 0.6) is 5.75 Å². The third-order valence-corrected chi connectivity index (χ3v) is 3.04. The summed E-state index contributed by atoms with van der Waals surface area (Å²) in [5, 5.41) is 4.39. The zero-order valence-electron chi connectivity index (χ0n) is 14.0. The number of likely N-dealkylation sites (N-methyl/N-ethyl adjacent to an activating group) is 1. The van der Waals surface area contributed by atoms with Crippen molar-refractivity contribution >= 4 is 0 Å². The lowest BCUT2D eigenvalue weighted by molar-refractivity contribution is -0.0161. The fourth-order valence-electron chi connectivity index (χ4n) is 1.90. The quantitative estimate of drug-likeness (QED) is 0.545. The number of rotatable bonds is 8. The van der Waals surface area contributed by atoms with Crippen LogP contribution in [0.15, 0.2) is 6.20 Å². The zero-order valence-corrected chi connectivity index (χ0v) is 14.0. The second-order valence-electron chi connectivity index (χ2n) is 6.27. The number of hydrazine groups is 1. The van der Waals surface area contributed by atoms with E-state index in [0.29, 0.717) is 12.4 Å². The third-order valence-electron chi connectivity index (χ3n) is 3.04. The van der Waals surface area contributed by atoms with Crippen LogP contribution < -0.4 is 16.0 Å². The Morgan fingerprint density at radius 2 is 2.10 bits per heavy atom. The van der Waals surface area contributed by atoms with Crippen LogP contribution in [0.4, 0.5) is 0 Å². The van der Waals surface area contributed by atoms with E-state index in [2.05, 4.69) is 15.4 Å². The lowest BCUT2D eigenvalue weighted by Gasteiger charge is -2.25. The van der Waals surface area contributed by atoms with Gasteiger partial charge in [-0.15, -0.1) is 0 Å². The molecule has 7 heteroatoms. The molecule has 0 saturated carbocycles. The smallest absolute Gasteiger partial charge is 0.161 e. The molecule has 1 unspecified atom stereocenters.